The third-order valence-electron chi connectivity index (χ3n) is 3.86. The first kappa shape index (κ1) is 20.5. The number of hydrogen-bond acceptors (Lipinski definition) is 6. The summed E-state index contributed by atoms with van der Waals surface area (Å²) >= 11 is 5.98. The molecule has 2 rings (SSSR count). The number of halogens is 1. The molecule has 0 saturated carbocycles. The summed E-state index contributed by atoms with van der Waals surface area (Å²) in [7, 11) is 0.158. The minimum Gasteiger partial charge on any atom is -0.496 e. The summed E-state index contributed by atoms with van der Waals surface area (Å²) in [6.07, 6.45) is 2.05. The van der Waals surface area contributed by atoms with Gasteiger partial charge in [-0.1, -0.05) is 11.6 Å². The van der Waals surface area contributed by atoms with Gasteiger partial charge in [0.2, 0.25) is 0 Å². The van der Waals surface area contributed by atoms with Gasteiger partial charge in [-0.25, -0.2) is 14.0 Å². The molecule has 0 amide bonds. The molecule has 1 unspecified atom stereocenters. The maximum atomic E-state index is 12.1. The summed E-state index contributed by atoms with van der Waals surface area (Å²) in [6, 6.07) is 7.23. The van der Waals surface area contributed by atoms with Crippen molar-refractivity contribution in [2.75, 3.05) is 27.0 Å². The van der Waals surface area contributed by atoms with E-state index in [1.807, 2.05) is 19.1 Å². The third-order valence-corrected chi connectivity index (χ3v) is 5.21. The van der Waals surface area contributed by atoms with Crippen molar-refractivity contribution < 1.29 is 13.7 Å². The standard InChI is InChI=1S/C18H24ClN3O3S/c1-12-7-14(22-18(19)8-12)11-21-6-5-13-9-16(25-3)17(26(4,20)23)10-15(13)24-2/h7-10,20-21H,5-6,11H2,1-4H3. The first-order chi connectivity index (χ1) is 12.2. The fourth-order valence-corrected chi connectivity index (χ4v) is 3.80. The number of hydrogen-bond donors (Lipinski definition) is 2. The Morgan fingerprint density at radius 3 is 2.46 bits per heavy atom. The van der Waals surface area contributed by atoms with Gasteiger partial charge in [-0.05, 0) is 49.2 Å². The van der Waals surface area contributed by atoms with E-state index in [0.29, 0.717) is 41.1 Å². The van der Waals surface area contributed by atoms with Crippen molar-refractivity contribution in [3.63, 3.8) is 0 Å². The van der Waals surface area contributed by atoms with Gasteiger partial charge in [0.25, 0.3) is 0 Å². The van der Waals surface area contributed by atoms with Gasteiger partial charge in [0.15, 0.2) is 0 Å². The van der Waals surface area contributed by atoms with Gasteiger partial charge < -0.3 is 14.8 Å². The average Bonchev–Trinajstić information content (AvgIpc) is 2.56. The predicted molar refractivity (Wildman–Crippen MR) is 104 cm³/mol. The normalized spacial score (nSPS) is 13.3. The van der Waals surface area contributed by atoms with E-state index in [1.54, 1.807) is 19.2 Å². The summed E-state index contributed by atoms with van der Waals surface area (Å²) in [5, 5.41) is 3.82. The molecule has 2 N–H and O–H groups in total. The molecule has 0 radical (unpaired) electrons. The lowest BCUT2D eigenvalue weighted by Crippen LogP contribution is -2.18. The molecule has 142 valence electrons. The molecule has 6 nitrogen and oxygen atoms in total. The number of methoxy groups -OCH3 is 2. The van der Waals surface area contributed by atoms with Gasteiger partial charge in [-0.3, -0.25) is 0 Å². The van der Waals surface area contributed by atoms with Crippen LogP contribution in [0.25, 0.3) is 0 Å². The predicted octanol–water partition coefficient (Wildman–Crippen LogP) is 3.43. The Labute approximate surface area is 159 Å². The zero-order valence-corrected chi connectivity index (χ0v) is 17.0. The number of pyridine rings is 1. The van der Waals surface area contributed by atoms with E-state index in [9.17, 15) is 4.21 Å². The number of aryl methyl sites for hydroxylation is 1. The highest BCUT2D eigenvalue weighted by Gasteiger charge is 2.16. The summed E-state index contributed by atoms with van der Waals surface area (Å²) in [5.41, 5.74) is 2.87. The van der Waals surface area contributed by atoms with E-state index < -0.39 is 9.73 Å². The smallest absolute Gasteiger partial charge is 0.136 e. The Morgan fingerprint density at radius 1 is 1.19 bits per heavy atom. The molecule has 0 spiro atoms. The van der Waals surface area contributed by atoms with Crippen LogP contribution >= 0.6 is 11.6 Å². The number of nitrogens with one attached hydrogen (secondary N) is 2. The van der Waals surface area contributed by atoms with Crippen LogP contribution in [0.3, 0.4) is 0 Å². The average molecular weight is 398 g/mol. The van der Waals surface area contributed by atoms with Crippen LogP contribution in [0.1, 0.15) is 16.8 Å². The molecule has 1 aromatic heterocycles. The summed E-state index contributed by atoms with van der Waals surface area (Å²) < 4.78 is 30.7. The minimum absolute atomic E-state index is 0.340. The van der Waals surface area contributed by atoms with Gasteiger partial charge in [0, 0.05) is 18.9 Å². The van der Waals surface area contributed by atoms with Crippen LogP contribution in [-0.4, -0.2) is 36.2 Å². The Morgan fingerprint density at radius 2 is 1.88 bits per heavy atom. The van der Waals surface area contributed by atoms with Crippen molar-refractivity contribution in [1.82, 2.24) is 10.3 Å². The van der Waals surface area contributed by atoms with Gasteiger partial charge in [0.1, 0.15) is 16.7 Å². The highest BCUT2D eigenvalue weighted by atomic mass is 35.5. The zero-order valence-electron chi connectivity index (χ0n) is 15.4. The second-order valence-corrected chi connectivity index (χ2v) is 8.56. The first-order valence-electron chi connectivity index (χ1n) is 8.07. The second kappa shape index (κ2) is 8.70. The van der Waals surface area contributed by atoms with Crippen molar-refractivity contribution in [3.05, 3.63) is 46.2 Å². The van der Waals surface area contributed by atoms with E-state index in [2.05, 4.69) is 10.3 Å². The number of rotatable bonds is 8. The Kier molecular flexibility index (Phi) is 6.86. The molecule has 0 aliphatic heterocycles. The molecule has 26 heavy (non-hydrogen) atoms. The Hall–Kier alpha value is -1.83. The van der Waals surface area contributed by atoms with Gasteiger partial charge in [-0.2, -0.15) is 0 Å². The fraction of sp³-hybridized carbons (Fsp3) is 0.389. The second-order valence-electron chi connectivity index (χ2n) is 6.04. The minimum atomic E-state index is -2.91. The zero-order chi connectivity index (χ0) is 19.3. The molecule has 0 fully saturated rings. The highest BCUT2D eigenvalue weighted by molar-refractivity contribution is 7.91. The number of benzene rings is 1. The van der Waals surface area contributed by atoms with Crippen LogP contribution in [0.15, 0.2) is 29.2 Å². The Balaban J connectivity index is 2.09. The molecule has 1 heterocycles. The maximum absolute atomic E-state index is 12.1. The first-order valence-corrected chi connectivity index (χ1v) is 10.4. The van der Waals surface area contributed by atoms with Crippen LogP contribution in [0.4, 0.5) is 0 Å². The van der Waals surface area contributed by atoms with Crippen molar-refractivity contribution in [3.8, 4) is 11.5 Å². The molecule has 0 aliphatic rings. The lowest BCUT2D eigenvalue weighted by molar-refractivity contribution is 0.389. The lowest BCUT2D eigenvalue weighted by Gasteiger charge is -2.15. The molecule has 1 aromatic carbocycles. The van der Waals surface area contributed by atoms with Crippen LogP contribution in [0, 0.1) is 11.7 Å². The van der Waals surface area contributed by atoms with E-state index >= 15 is 0 Å². The van der Waals surface area contributed by atoms with Crippen LogP contribution in [0.2, 0.25) is 5.15 Å². The summed E-state index contributed by atoms with van der Waals surface area (Å²) in [4.78, 5) is 4.62. The fourth-order valence-electron chi connectivity index (χ4n) is 2.66. The summed E-state index contributed by atoms with van der Waals surface area (Å²) in [5.74, 6) is 1.04. The van der Waals surface area contributed by atoms with Crippen molar-refractivity contribution in [1.29, 1.82) is 4.78 Å². The highest BCUT2D eigenvalue weighted by Crippen LogP contribution is 2.32. The third kappa shape index (κ3) is 5.33. The van der Waals surface area contributed by atoms with E-state index in [-0.39, 0.29) is 0 Å². The van der Waals surface area contributed by atoms with E-state index in [0.717, 1.165) is 16.8 Å². The number of aromatic nitrogens is 1. The van der Waals surface area contributed by atoms with Gasteiger partial charge >= 0.3 is 0 Å². The molecule has 8 heteroatoms. The van der Waals surface area contributed by atoms with Gasteiger partial charge in [-0.15, -0.1) is 0 Å². The molecular weight excluding hydrogens is 374 g/mol. The maximum Gasteiger partial charge on any atom is 0.136 e. The van der Waals surface area contributed by atoms with Crippen molar-refractivity contribution in [2.45, 2.75) is 24.8 Å². The van der Waals surface area contributed by atoms with E-state index in [1.165, 1.54) is 13.4 Å². The van der Waals surface area contributed by atoms with Crippen molar-refractivity contribution >= 4 is 21.3 Å². The monoisotopic (exact) mass is 397 g/mol. The van der Waals surface area contributed by atoms with Gasteiger partial charge in [0.05, 0.1) is 34.5 Å². The molecule has 0 aliphatic carbocycles. The molecule has 0 bridgehead atoms. The lowest BCUT2D eigenvalue weighted by atomic mass is 10.1. The Bertz CT molecular complexity index is 865. The molecule has 2 aromatic rings. The quantitative estimate of drug-likeness (QED) is 0.526. The molecule has 1 atom stereocenters. The topological polar surface area (TPSA) is 84.3 Å². The van der Waals surface area contributed by atoms with Crippen LogP contribution in [-0.2, 0) is 22.7 Å². The number of ether oxygens (including phenoxy) is 2. The largest absolute Gasteiger partial charge is 0.496 e. The molecular formula is C18H24ClN3O3S. The molecule has 0 saturated heterocycles. The van der Waals surface area contributed by atoms with Crippen LogP contribution < -0.4 is 14.8 Å². The SMILES string of the molecule is COc1cc(S(C)(=N)=O)c(OC)cc1CCNCc1cc(C)cc(Cl)n1. The van der Waals surface area contributed by atoms with Crippen molar-refractivity contribution in [2.24, 2.45) is 0 Å². The van der Waals surface area contributed by atoms with Crippen LogP contribution in [0.5, 0.6) is 11.5 Å². The summed E-state index contributed by atoms with van der Waals surface area (Å²) in [6.45, 7) is 3.27. The van der Waals surface area contributed by atoms with E-state index in [4.69, 9.17) is 25.9 Å². The number of nitrogens with zero attached hydrogens (tertiary/aromatic N) is 1.